The molecule has 1 aliphatic heterocycles. The number of esters is 2. The van der Waals surface area contributed by atoms with Crippen molar-refractivity contribution in [3.63, 3.8) is 0 Å². The lowest BCUT2D eigenvalue weighted by atomic mass is 9.95. The van der Waals surface area contributed by atoms with Crippen LogP contribution in [0.4, 0.5) is 0 Å². The molecule has 192 valence electrons. The van der Waals surface area contributed by atoms with E-state index >= 15 is 0 Å². The van der Waals surface area contributed by atoms with E-state index in [1.807, 2.05) is 0 Å². The molecule has 1 aliphatic rings. The van der Waals surface area contributed by atoms with Crippen LogP contribution in [0.25, 0.3) is 6.08 Å². The Morgan fingerprint density at radius 2 is 1.78 bits per heavy atom. The monoisotopic (exact) mass is 522 g/mol. The summed E-state index contributed by atoms with van der Waals surface area (Å²) in [6.45, 7) is 4.96. The van der Waals surface area contributed by atoms with Crippen molar-refractivity contribution in [1.82, 2.24) is 4.57 Å². The van der Waals surface area contributed by atoms with E-state index in [9.17, 15) is 14.4 Å². The van der Waals surface area contributed by atoms with Crippen molar-refractivity contribution in [1.29, 1.82) is 0 Å². The molecule has 0 fully saturated rings. The van der Waals surface area contributed by atoms with Crippen LogP contribution in [0.15, 0.2) is 63.5 Å². The maximum atomic E-state index is 13.7. The quantitative estimate of drug-likeness (QED) is 0.347. The molecule has 37 heavy (non-hydrogen) atoms. The van der Waals surface area contributed by atoms with Crippen molar-refractivity contribution >= 4 is 29.4 Å². The fourth-order valence-electron chi connectivity index (χ4n) is 4.08. The number of benzene rings is 2. The first-order valence-corrected chi connectivity index (χ1v) is 12.3. The van der Waals surface area contributed by atoms with Gasteiger partial charge in [0.15, 0.2) is 16.3 Å². The van der Waals surface area contributed by atoms with Gasteiger partial charge < -0.3 is 18.9 Å². The summed E-state index contributed by atoms with van der Waals surface area (Å²) in [4.78, 5) is 43.0. The van der Waals surface area contributed by atoms with E-state index in [1.54, 1.807) is 62.4 Å². The summed E-state index contributed by atoms with van der Waals surface area (Å²) in [6, 6.07) is 11.3. The number of ether oxygens (including phenoxy) is 4. The van der Waals surface area contributed by atoms with Crippen molar-refractivity contribution in [3.05, 3.63) is 84.5 Å². The van der Waals surface area contributed by atoms with Crippen LogP contribution in [0.5, 0.6) is 17.2 Å². The lowest BCUT2D eigenvalue weighted by molar-refractivity contribution is -0.139. The van der Waals surface area contributed by atoms with Crippen LogP contribution in [-0.2, 0) is 14.3 Å². The molecular weight excluding hydrogens is 496 g/mol. The SMILES string of the molecule is CCOC(=O)C1=C(C)N=c2s/c(=C/c3ccc(OC(C)=O)cc3)c(=O)n2[C@H]1c1ccc(OC)c(OC)c1. The number of carbonyl (C=O) groups is 2. The summed E-state index contributed by atoms with van der Waals surface area (Å²) < 4.78 is 23.2. The van der Waals surface area contributed by atoms with E-state index in [-0.39, 0.29) is 17.7 Å². The van der Waals surface area contributed by atoms with Crippen molar-refractivity contribution in [2.45, 2.75) is 26.8 Å². The van der Waals surface area contributed by atoms with Gasteiger partial charge >= 0.3 is 11.9 Å². The van der Waals surface area contributed by atoms with Crippen molar-refractivity contribution in [2.24, 2.45) is 4.99 Å². The molecule has 0 saturated carbocycles. The van der Waals surface area contributed by atoms with E-state index in [0.29, 0.717) is 37.8 Å². The van der Waals surface area contributed by atoms with Gasteiger partial charge in [-0.3, -0.25) is 14.2 Å². The Balaban J connectivity index is 1.89. The molecule has 0 aliphatic carbocycles. The molecule has 0 unspecified atom stereocenters. The number of hydrogen-bond acceptors (Lipinski definition) is 9. The lowest BCUT2D eigenvalue weighted by Crippen LogP contribution is -2.39. The second-order valence-corrected chi connectivity index (χ2v) is 9.09. The predicted octanol–water partition coefficient (Wildman–Crippen LogP) is 2.74. The molecule has 3 aromatic rings. The molecule has 1 aromatic heterocycles. The number of rotatable bonds is 7. The van der Waals surface area contributed by atoms with E-state index in [0.717, 1.165) is 5.56 Å². The predicted molar refractivity (Wildman–Crippen MR) is 138 cm³/mol. The minimum absolute atomic E-state index is 0.183. The smallest absolute Gasteiger partial charge is 0.338 e. The van der Waals surface area contributed by atoms with Crippen LogP contribution >= 0.6 is 11.3 Å². The fraction of sp³-hybridized carbons (Fsp3) is 0.259. The van der Waals surface area contributed by atoms with Crippen LogP contribution in [-0.4, -0.2) is 37.3 Å². The van der Waals surface area contributed by atoms with E-state index in [1.165, 1.54) is 37.0 Å². The Morgan fingerprint density at radius 3 is 2.41 bits per heavy atom. The molecule has 10 heteroatoms. The summed E-state index contributed by atoms with van der Waals surface area (Å²) in [5.74, 6) is 0.444. The highest BCUT2D eigenvalue weighted by Gasteiger charge is 2.33. The molecule has 0 spiro atoms. The number of aromatic nitrogens is 1. The third-order valence-electron chi connectivity index (χ3n) is 5.68. The van der Waals surface area contributed by atoms with Gasteiger partial charge in [-0.25, -0.2) is 9.79 Å². The average Bonchev–Trinajstić information content (AvgIpc) is 3.17. The highest BCUT2D eigenvalue weighted by atomic mass is 32.1. The van der Waals surface area contributed by atoms with Crippen molar-refractivity contribution < 1.29 is 28.5 Å². The average molecular weight is 523 g/mol. The molecule has 2 aromatic carbocycles. The number of nitrogens with zero attached hydrogens (tertiary/aromatic N) is 2. The van der Waals surface area contributed by atoms with Crippen LogP contribution in [0, 0.1) is 0 Å². The van der Waals surface area contributed by atoms with Gasteiger partial charge in [-0.15, -0.1) is 0 Å². The van der Waals surface area contributed by atoms with Gasteiger partial charge in [0.2, 0.25) is 0 Å². The standard InChI is InChI=1S/C27H26N2O7S/c1-6-35-26(32)23-15(2)28-27-29(24(23)18-9-12-20(33-4)21(14-18)34-5)25(31)22(37-27)13-17-7-10-19(11-8-17)36-16(3)30/h7-14,24H,6H2,1-5H3/b22-13+/t24-/m0/s1. The first kappa shape index (κ1) is 25.9. The molecule has 9 nitrogen and oxygen atoms in total. The topological polar surface area (TPSA) is 105 Å². The van der Waals surface area contributed by atoms with E-state index in [2.05, 4.69) is 4.99 Å². The number of fused-ring (bicyclic) bond motifs is 1. The van der Waals surface area contributed by atoms with E-state index < -0.39 is 18.0 Å². The summed E-state index contributed by atoms with van der Waals surface area (Å²) in [6.07, 6.45) is 1.73. The molecule has 0 radical (unpaired) electrons. The van der Waals surface area contributed by atoms with Crippen LogP contribution in [0.1, 0.15) is 37.9 Å². The van der Waals surface area contributed by atoms with Crippen molar-refractivity contribution in [3.8, 4) is 17.2 Å². The zero-order valence-corrected chi connectivity index (χ0v) is 21.9. The maximum absolute atomic E-state index is 13.7. The summed E-state index contributed by atoms with van der Waals surface area (Å²) in [5, 5.41) is 0. The zero-order valence-electron chi connectivity index (χ0n) is 21.1. The summed E-state index contributed by atoms with van der Waals surface area (Å²) >= 11 is 1.22. The van der Waals surface area contributed by atoms with Gasteiger partial charge in [0.1, 0.15) is 5.75 Å². The molecular formula is C27H26N2O7S. The number of carbonyl (C=O) groups excluding carboxylic acids is 2. The van der Waals surface area contributed by atoms with E-state index in [4.69, 9.17) is 18.9 Å². The largest absolute Gasteiger partial charge is 0.493 e. The third-order valence-corrected chi connectivity index (χ3v) is 6.66. The van der Waals surface area contributed by atoms with Gasteiger partial charge in [-0.1, -0.05) is 29.5 Å². The Kier molecular flexibility index (Phi) is 7.58. The molecule has 0 saturated heterocycles. The number of allylic oxidation sites excluding steroid dienone is 1. The van der Waals surface area contributed by atoms with Crippen LogP contribution in [0.2, 0.25) is 0 Å². The molecule has 0 N–H and O–H groups in total. The van der Waals surface area contributed by atoms with Gasteiger partial charge in [-0.2, -0.15) is 0 Å². The second-order valence-electron chi connectivity index (χ2n) is 8.08. The zero-order chi connectivity index (χ0) is 26.7. The Hall–Kier alpha value is -4.18. The van der Waals surface area contributed by atoms with Gasteiger partial charge in [0, 0.05) is 6.92 Å². The Morgan fingerprint density at radius 1 is 1.08 bits per heavy atom. The molecule has 0 amide bonds. The molecule has 0 bridgehead atoms. The first-order chi connectivity index (χ1) is 17.8. The Bertz CT molecular complexity index is 1570. The fourth-order valence-corrected chi connectivity index (χ4v) is 5.13. The van der Waals surface area contributed by atoms with Gasteiger partial charge in [-0.05, 0) is 55.3 Å². The van der Waals surface area contributed by atoms with Crippen molar-refractivity contribution in [2.75, 3.05) is 20.8 Å². The number of methoxy groups -OCH3 is 2. The molecule has 1 atom stereocenters. The first-order valence-electron chi connectivity index (χ1n) is 11.5. The number of thiazole rings is 1. The third kappa shape index (κ3) is 5.19. The van der Waals surface area contributed by atoms with Crippen LogP contribution < -0.4 is 29.1 Å². The summed E-state index contributed by atoms with van der Waals surface area (Å²) in [7, 11) is 3.06. The highest BCUT2D eigenvalue weighted by molar-refractivity contribution is 7.07. The number of hydrogen-bond donors (Lipinski definition) is 0. The maximum Gasteiger partial charge on any atom is 0.338 e. The van der Waals surface area contributed by atoms with Gasteiger partial charge in [0.25, 0.3) is 5.56 Å². The minimum Gasteiger partial charge on any atom is -0.493 e. The highest BCUT2D eigenvalue weighted by Crippen LogP contribution is 2.36. The summed E-state index contributed by atoms with van der Waals surface area (Å²) in [5.41, 5.74) is 1.83. The van der Waals surface area contributed by atoms with Gasteiger partial charge in [0.05, 0.1) is 42.7 Å². The molecule has 2 heterocycles. The lowest BCUT2D eigenvalue weighted by Gasteiger charge is -2.25. The molecule has 4 rings (SSSR count). The Labute approximate surface area is 216 Å². The minimum atomic E-state index is -0.774. The normalized spacial score (nSPS) is 15.1. The van der Waals surface area contributed by atoms with Crippen LogP contribution in [0.3, 0.4) is 0 Å². The second kappa shape index (κ2) is 10.8.